The first kappa shape index (κ1) is 19.0. The van der Waals surface area contributed by atoms with E-state index in [2.05, 4.69) is 15.5 Å². The van der Waals surface area contributed by atoms with Crippen LogP contribution in [0.2, 0.25) is 5.02 Å². The molecule has 0 bridgehead atoms. The van der Waals surface area contributed by atoms with Gasteiger partial charge in [-0.15, -0.1) is 0 Å². The van der Waals surface area contributed by atoms with Crippen LogP contribution in [0.1, 0.15) is 10.4 Å². The van der Waals surface area contributed by atoms with Gasteiger partial charge in [0.25, 0.3) is 11.8 Å². The van der Waals surface area contributed by atoms with E-state index in [0.29, 0.717) is 33.3 Å². The number of aromatic nitrogens is 2. The maximum absolute atomic E-state index is 13.5. The van der Waals surface area contributed by atoms with E-state index < -0.39 is 0 Å². The van der Waals surface area contributed by atoms with Crippen LogP contribution in [-0.4, -0.2) is 28.5 Å². The molecule has 1 aromatic heterocycles. The summed E-state index contributed by atoms with van der Waals surface area (Å²) in [6.45, 7) is -0.0793. The van der Waals surface area contributed by atoms with E-state index in [1.165, 1.54) is 4.90 Å². The van der Waals surface area contributed by atoms with E-state index in [1.807, 2.05) is 6.07 Å². The highest BCUT2D eigenvalue weighted by Gasteiger charge is 2.29. The third-order valence-electron chi connectivity index (χ3n) is 4.93. The smallest absolute Gasteiger partial charge is 0.259 e. The molecule has 31 heavy (non-hydrogen) atoms. The van der Waals surface area contributed by atoms with Crippen molar-refractivity contribution in [1.29, 1.82) is 0 Å². The maximum atomic E-state index is 13.5. The van der Waals surface area contributed by atoms with Crippen molar-refractivity contribution in [2.24, 2.45) is 0 Å². The second-order valence-corrected chi connectivity index (χ2v) is 7.37. The molecule has 5 rings (SSSR count). The first-order chi connectivity index (χ1) is 15.1. The number of hydrogen-bond acceptors (Lipinski definition) is 5. The third-order valence-corrected chi connectivity index (χ3v) is 5.18. The van der Waals surface area contributed by atoms with Crippen LogP contribution in [0, 0.1) is 0 Å². The lowest BCUT2D eigenvalue weighted by Crippen LogP contribution is -2.42. The number of amides is 2. The largest absolute Gasteiger partial charge is 0.334 e. The number of hydrogen-bond donors (Lipinski definition) is 1. The summed E-state index contributed by atoms with van der Waals surface area (Å²) in [5.74, 6) is 0.0109. The second-order valence-electron chi connectivity index (χ2n) is 6.93. The van der Waals surface area contributed by atoms with Crippen molar-refractivity contribution in [2.75, 3.05) is 16.8 Å². The molecule has 152 valence electrons. The van der Waals surface area contributed by atoms with E-state index in [-0.39, 0.29) is 24.2 Å². The highest BCUT2D eigenvalue weighted by Crippen LogP contribution is 2.32. The molecule has 7 nitrogen and oxygen atoms in total. The molecule has 1 N–H and O–H groups in total. The van der Waals surface area contributed by atoms with Gasteiger partial charge in [-0.1, -0.05) is 41.0 Å². The number of para-hydroxylation sites is 2. The van der Waals surface area contributed by atoms with Crippen molar-refractivity contribution in [2.45, 2.75) is 0 Å². The van der Waals surface area contributed by atoms with Crippen LogP contribution in [-0.2, 0) is 4.79 Å². The average molecular weight is 431 g/mol. The number of nitrogens with zero attached hydrogens (tertiary/aromatic N) is 3. The van der Waals surface area contributed by atoms with Gasteiger partial charge < -0.3 is 9.84 Å². The Labute approximate surface area is 182 Å². The Morgan fingerprint density at radius 2 is 1.74 bits per heavy atom. The lowest BCUT2D eigenvalue weighted by molar-refractivity contribution is -0.115. The summed E-state index contributed by atoms with van der Waals surface area (Å²) in [6.07, 6.45) is 0. The molecule has 0 unspecified atom stereocenters. The Bertz CT molecular complexity index is 1300. The molecule has 0 fully saturated rings. The molecule has 0 saturated carbocycles. The minimum Gasteiger partial charge on any atom is -0.334 e. The van der Waals surface area contributed by atoms with Gasteiger partial charge in [-0.3, -0.25) is 14.5 Å². The summed E-state index contributed by atoms with van der Waals surface area (Å²) in [5, 5.41) is 7.43. The third kappa shape index (κ3) is 3.55. The fourth-order valence-electron chi connectivity index (χ4n) is 3.47. The quantitative estimate of drug-likeness (QED) is 0.510. The van der Waals surface area contributed by atoms with Crippen molar-refractivity contribution < 1.29 is 14.1 Å². The average Bonchev–Trinajstić information content (AvgIpc) is 3.28. The Balaban J connectivity index is 1.53. The number of carbonyl (C=O) groups excluding carboxylic acids is 2. The molecular formula is C23H15ClN4O3. The molecule has 4 aromatic rings. The van der Waals surface area contributed by atoms with Crippen LogP contribution in [0.15, 0.2) is 77.3 Å². The zero-order chi connectivity index (χ0) is 21.4. The Hall–Kier alpha value is -3.97. The standard InChI is InChI=1S/C23H15ClN4O3/c24-15-11-9-14(10-12-15)21-26-22(31-27-21)16-5-1-2-6-17(16)23(30)28-13-20(29)25-18-7-3-4-8-19(18)28/h1-12H,13H2,(H,25,29). The van der Waals surface area contributed by atoms with Gasteiger partial charge in [-0.2, -0.15) is 4.98 Å². The lowest BCUT2D eigenvalue weighted by atomic mass is 10.0. The summed E-state index contributed by atoms with van der Waals surface area (Å²) < 4.78 is 5.46. The van der Waals surface area contributed by atoms with E-state index in [1.54, 1.807) is 66.7 Å². The van der Waals surface area contributed by atoms with Crippen LogP contribution in [0.4, 0.5) is 11.4 Å². The lowest BCUT2D eigenvalue weighted by Gasteiger charge is -2.29. The molecule has 1 aliphatic heterocycles. The Morgan fingerprint density at radius 1 is 1.00 bits per heavy atom. The predicted octanol–water partition coefficient (Wildman–Crippen LogP) is 4.66. The number of anilines is 2. The van der Waals surface area contributed by atoms with Crippen LogP contribution in [0.25, 0.3) is 22.8 Å². The molecule has 0 spiro atoms. The number of rotatable bonds is 3. The summed E-state index contributed by atoms with van der Waals surface area (Å²) in [4.78, 5) is 31.5. The van der Waals surface area contributed by atoms with Gasteiger partial charge in [0, 0.05) is 10.6 Å². The van der Waals surface area contributed by atoms with Gasteiger partial charge in [-0.05, 0) is 48.5 Å². The summed E-state index contributed by atoms with van der Waals surface area (Å²) >= 11 is 5.94. The van der Waals surface area contributed by atoms with E-state index >= 15 is 0 Å². The molecule has 1 aliphatic rings. The molecule has 2 heterocycles. The van der Waals surface area contributed by atoms with Gasteiger partial charge >= 0.3 is 0 Å². The molecule has 0 aliphatic carbocycles. The van der Waals surface area contributed by atoms with Crippen LogP contribution in [0.5, 0.6) is 0 Å². The van der Waals surface area contributed by atoms with Gasteiger partial charge in [0.2, 0.25) is 11.7 Å². The predicted molar refractivity (Wildman–Crippen MR) is 117 cm³/mol. The van der Waals surface area contributed by atoms with Gasteiger partial charge in [-0.25, -0.2) is 0 Å². The molecule has 0 radical (unpaired) electrons. The Kier molecular flexibility index (Phi) is 4.72. The van der Waals surface area contributed by atoms with Crippen molar-refractivity contribution >= 4 is 34.8 Å². The minimum absolute atomic E-state index is 0.0793. The summed E-state index contributed by atoms with van der Waals surface area (Å²) in [7, 11) is 0. The highest BCUT2D eigenvalue weighted by atomic mass is 35.5. The molecule has 0 saturated heterocycles. The van der Waals surface area contributed by atoms with Crippen molar-refractivity contribution in [3.05, 3.63) is 83.4 Å². The number of nitrogens with one attached hydrogen (secondary N) is 1. The fraction of sp³-hybridized carbons (Fsp3) is 0.0435. The van der Waals surface area contributed by atoms with Crippen LogP contribution >= 0.6 is 11.6 Å². The molecule has 2 amide bonds. The van der Waals surface area contributed by atoms with E-state index in [0.717, 1.165) is 5.56 Å². The number of benzene rings is 3. The first-order valence-electron chi connectivity index (χ1n) is 9.50. The SMILES string of the molecule is O=C1CN(C(=O)c2ccccc2-c2nc(-c3ccc(Cl)cc3)no2)c2ccccc2N1. The molecule has 8 heteroatoms. The van der Waals surface area contributed by atoms with Gasteiger partial charge in [0.1, 0.15) is 6.54 Å². The van der Waals surface area contributed by atoms with Crippen LogP contribution in [0.3, 0.4) is 0 Å². The van der Waals surface area contributed by atoms with E-state index in [9.17, 15) is 9.59 Å². The number of fused-ring (bicyclic) bond motifs is 1. The van der Waals surface area contributed by atoms with Crippen molar-refractivity contribution in [1.82, 2.24) is 10.1 Å². The number of carbonyl (C=O) groups is 2. The fourth-order valence-corrected chi connectivity index (χ4v) is 3.59. The van der Waals surface area contributed by atoms with Crippen LogP contribution < -0.4 is 10.2 Å². The number of halogens is 1. The highest BCUT2D eigenvalue weighted by molar-refractivity contribution is 6.30. The molecular weight excluding hydrogens is 416 g/mol. The maximum Gasteiger partial charge on any atom is 0.259 e. The van der Waals surface area contributed by atoms with Crippen molar-refractivity contribution in [3.63, 3.8) is 0 Å². The minimum atomic E-state index is -0.329. The topological polar surface area (TPSA) is 88.3 Å². The Morgan fingerprint density at radius 3 is 2.58 bits per heavy atom. The van der Waals surface area contributed by atoms with Crippen molar-refractivity contribution in [3.8, 4) is 22.8 Å². The normalized spacial score (nSPS) is 12.9. The summed E-state index contributed by atoms with van der Waals surface area (Å²) in [5.41, 5.74) is 2.81. The van der Waals surface area contributed by atoms with E-state index in [4.69, 9.17) is 16.1 Å². The zero-order valence-electron chi connectivity index (χ0n) is 16.1. The monoisotopic (exact) mass is 430 g/mol. The zero-order valence-corrected chi connectivity index (χ0v) is 16.8. The first-order valence-corrected chi connectivity index (χ1v) is 9.88. The van der Waals surface area contributed by atoms with Gasteiger partial charge in [0.05, 0.1) is 22.5 Å². The molecule has 0 atom stereocenters. The second kappa shape index (κ2) is 7.70. The summed E-state index contributed by atoms with van der Waals surface area (Å²) in [6, 6.07) is 21.2. The molecule has 3 aromatic carbocycles. The van der Waals surface area contributed by atoms with Gasteiger partial charge in [0.15, 0.2) is 0 Å².